The molecule has 0 amide bonds. The van der Waals surface area contributed by atoms with Crippen LogP contribution in [-0.2, 0) is 6.42 Å². The Kier molecular flexibility index (Phi) is 4.70. The van der Waals surface area contributed by atoms with Gasteiger partial charge in [-0.1, -0.05) is 13.8 Å². The fraction of sp³-hybridized carbons (Fsp3) is 0.625. The van der Waals surface area contributed by atoms with Gasteiger partial charge in [0.2, 0.25) is 0 Å². The van der Waals surface area contributed by atoms with Gasteiger partial charge in [0.25, 0.3) is 0 Å². The van der Waals surface area contributed by atoms with E-state index in [1.54, 1.807) is 12.1 Å². The quantitative estimate of drug-likeness (QED) is 0.798. The van der Waals surface area contributed by atoms with E-state index in [0.29, 0.717) is 6.04 Å². The number of phenolic OH excluding ortho intramolecular Hbond substituents is 2. The van der Waals surface area contributed by atoms with E-state index < -0.39 is 0 Å². The standard InChI is InChI=1S/C16H25NO2/c1-3-8-17(9-4-2)14-7-5-6-12-10-15(18)16(19)11-13(12)14/h10-11,14,18-19H,3-9H2,1-2H3. The lowest BCUT2D eigenvalue weighted by atomic mass is 9.86. The molecule has 0 aliphatic heterocycles. The Bertz CT molecular complexity index is 425. The minimum absolute atomic E-state index is 0.0110. The number of aromatic hydroxyl groups is 2. The molecule has 1 aliphatic carbocycles. The summed E-state index contributed by atoms with van der Waals surface area (Å²) in [4.78, 5) is 2.52. The fourth-order valence-corrected chi connectivity index (χ4v) is 3.18. The molecule has 0 saturated carbocycles. The molecule has 19 heavy (non-hydrogen) atoms. The van der Waals surface area contributed by atoms with Gasteiger partial charge in [-0.25, -0.2) is 0 Å². The molecule has 3 heteroatoms. The van der Waals surface area contributed by atoms with Gasteiger partial charge < -0.3 is 10.2 Å². The number of fused-ring (bicyclic) bond motifs is 1. The molecule has 3 nitrogen and oxygen atoms in total. The van der Waals surface area contributed by atoms with Crippen LogP contribution in [-0.4, -0.2) is 28.2 Å². The van der Waals surface area contributed by atoms with Crippen molar-refractivity contribution in [3.8, 4) is 11.5 Å². The Balaban J connectivity index is 2.31. The molecule has 2 N–H and O–H groups in total. The van der Waals surface area contributed by atoms with E-state index in [4.69, 9.17) is 0 Å². The summed E-state index contributed by atoms with van der Waals surface area (Å²) >= 11 is 0. The third kappa shape index (κ3) is 3.03. The van der Waals surface area contributed by atoms with Crippen LogP contribution in [0.1, 0.15) is 56.7 Å². The van der Waals surface area contributed by atoms with Crippen LogP contribution in [0.3, 0.4) is 0 Å². The van der Waals surface area contributed by atoms with Crippen LogP contribution in [0.25, 0.3) is 0 Å². The van der Waals surface area contributed by atoms with Gasteiger partial charge in [0.15, 0.2) is 11.5 Å². The Morgan fingerprint density at radius 2 is 1.74 bits per heavy atom. The minimum Gasteiger partial charge on any atom is -0.504 e. The molecule has 1 aromatic carbocycles. The number of aryl methyl sites for hydroxylation is 1. The lowest BCUT2D eigenvalue weighted by Crippen LogP contribution is -2.32. The molecule has 0 saturated heterocycles. The first-order chi connectivity index (χ1) is 9.17. The molecule has 0 aromatic heterocycles. The normalized spacial score (nSPS) is 18.6. The molecule has 0 spiro atoms. The molecule has 0 fully saturated rings. The van der Waals surface area contributed by atoms with Gasteiger partial charge in [-0.05, 0) is 68.5 Å². The van der Waals surface area contributed by atoms with Crippen molar-refractivity contribution in [3.63, 3.8) is 0 Å². The predicted molar refractivity (Wildman–Crippen MR) is 77.6 cm³/mol. The number of hydrogen-bond donors (Lipinski definition) is 2. The Morgan fingerprint density at radius 1 is 1.11 bits per heavy atom. The summed E-state index contributed by atoms with van der Waals surface area (Å²) in [6.07, 6.45) is 5.61. The number of rotatable bonds is 5. The van der Waals surface area contributed by atoms with Crippen LogP contribution in [0.5, 0.6) is 11.5 Å². The van der Waals surface area contributed by atoms with Crippen molar-refractivity contribution in [1.29, 1.82) is 0 Å². The molecular weight excluding hydrogens is 238 g/mol. The van der Waals surface area contributed by atoms with E-state index in [9.17, 15) is 10.2 Å². The van der Waals surface area contributed by atoms with Crippen LogP contribution in [0, 0.1) is 0 Å². The predicted octanol–water partition coefficient (Wildman–Crippen LogP) is 3.60. The summed E-state index contributed by atoms with van der Waals surface area (Å²) in [5, 5.41) is 19.4. The van der Waals surface area contributed by atoms with Crippen molar-refractivity contribution in [3.05, 3.63) is 23.3 Å². The molecule has 1 unspecified atom stereocenters. The van der Waals surface area contributed by atoms with Gasteiger partial charge in [-0.3, -0.25) is 4.90 Å². The second-order valence-corrected chi connectivity index (χ2v) is 5.48. The second kappa shape index (κ2) is 6.29. The second-order valence-electron chi connectivity index (χ2n) is 5.48. The molecule has 1 aliphatic rings. The average Bonchev–Trinajstić information content (AvgIpc) is 2.39. The maximum Gasteiger partial charge on any atom is 0.157 e. The van der Waals surface area contributed by atoms with Crippen molar-refractivity contribution in [2.24, 2.45) is 0 Å². The first kappa shape index (κ1) is 14.2. The fourth-order valence-electron chi connectivity index (χ4n) is 3.18. The lowest BCUT2D eigenvalue weighted by molar-refractivity contribution is 0.178. The molecule has 1 atom stereocenters. The van der Waals surface area contributed by atoms with Gasteiger partial charge >= 0.3 is 0 Å². The summed E-state index contributed by atoms with van der Waals surface area (Å²) in [7, 11) is 0. The van der Waals surface area contributed by atoms with E-state index in [2.05, 4.69) is 18.7 Å². The highest BCUT2D eigenvalue weighted by molar-refractivity contribution is 5.47. The summed E-state index contributed by atoms with van der Waals surface area (Å²) in [6, 6.07) is 3.91. The highest BCUT2D eigenvalue weighted by atomic mass is 16.3. The summed E-state index contributed by atoms with van der Waals surface area (Å²) in [5.74, 6) is 0.0236. The third-order valence-corrected chi connectivity index (χ3v) is 3.98. The summed E-state index contributed by atoms with van der Waals surface area (Å²) in [6.45, 7) is 6.61. The molecule has 0 heterocycles. The molecule has 0 bridgehead atoms. The Labute approximate surface area is 115 Å². The highest BCUT2D eigenvalue weighted by Gasteiger charge is 2.26. The maximum atomic E-state index is 9.77. The van der Waals surface area contributed by atoms with Crippen LogP contribution in [0.15, 0.2) is 12.1 Å². The van der Waals surface area contributed by atoms with E-state index in [1.165, 1.54) is 11.1 Å². The van der Waals surface area contributed by atoms with E-state index >= 15 is 0 Å². The zero-order chi connectivity index (χ0) is 13.8. The van der Waals surface area contributed by atoms with Crippen LogP contribution >= 0.6 is 0 Å². The highest BCUT2D eigenvalue weighted by Crippen LogP contribution is 2.39. The van der Waals surface area contributed by atoms with Gasteiger partial charge in [0.05, 0.1) is 0 Å². The number of phenols is 2. The lowest BCUT2D eigenvalue weighted by Gasteiger charge is -2.36. The van der Waals surface area contributed by atoms with Crippen molar-refractivity contribution in [2.45, 2.75) is 52.0 Å². The number of benzene rings is 1. The molecule has 0 radical (unpaired) electrons. The number of nitrogens with zero attached hydrogens (tertiary/aromatic N) is 1. The smallest absolute Gasteiger partial charge is 0.157 e. The minimum atomic E-state index is 0.0110. The van der Waals surface area contributed by atoms with Crippen molar-refractivity contribution >= 4 is 0 Å². The van der Waals surface area contributed by atoms with Crippen molar-refractivity contribution in [1.82, 2.24) is 4.90 Å². The van der Waals surface area contributed by atoms with Crippen LogP contribution < -0.4 is 0 Å². The van der Waals surface area contributed by atoms with Crippen molar-refractivity contribution in [2.75, 3.05) is 13.1 Å². The van der Waals surface area contributed by atoms with E-state index in [0.717, 1.165) is 45.2 Å². The third-order valence-electron chi connectivity index (χ3n) is 3.98. The molecular formula is C16H25NO2. The molecule has 2 rings (SSSR count). The monoisotopic (exact) mass is 263 g/mol. The largest absolute Gasteiger partial charge is 0.504 e. The zero-order valence-electron chi connectivity index (χ0n) is 12.0. The first-order valence-electron chi connectivity index (χ1n) is 7.46. The van der Waals surface area contributed by atoms with E-state index in [-0.39, 0.29) is 11.5 Å². The summed E-state index contributed by atoms with van der Waals surface area (Å²) < 4.78 is 0. The van der Waals surface area contributed by atoms with Gasteiger partial charge in [-0.2, -0.15) is 0 Å². The zero-order valence-corrected chi connectivity index (χ0v) is 12.0. The first-order valence-corrected chi connectivity index (χ1v) is 7.46. The summed E-state index contributed by atoms with van der Waals surface area (Å²) in [5.41, 5.74) is 2.41. The Hall–Kier alpha value is -1.22. The molecule has 106 valence electrons. The average molecular weight is 263 g/mol. The SMILES string of the molecule is CCCN(CCC)C1CCCc2cc(O)c(O)cc21. The van der Waals surface area contributed by atoms with E-state index in [1.807, 2.05) is 0 Å². The topological polar surface area (TPSA) is 43.7 Å². The number of hydrogen-bond acceptors (Lipinski definition) is 3. The van der Waals surface area contributed by atoms with Crippen LogP contribution in [0.2, 0.25) is 0 Å². The maximum absolute atomic E-state index is 9.77. The van der Waals surface area contributed by atoms with Gasteiger partial charge in [0, 0.05) is 6.04 Å². The van der Waals surface area contributed by atoms with Crippen LogP contribution in [0.4, 0.5) is 0 Å². The van der Waals surface area contributed by atoms with Gasteiger partial charge in [0.1, 0.15) is 0 Å². The van der Waals surface area contributed by atoms with Crippen molar-refractivity contribution < 1.29 is 10.2 Å². The van der Waals surface area contributed by atoms with Gasteiger partial charge in [-0.15, -0.1) is 0 Å². The molecule has 1 aromatic rings. The Morgan fingerprint density at radius 3 is 2.37 bits per heavy atom.